The molecule has 1 aliphatic carbocycles. The van der Waals surface area contributed by atoms with E-state index < -0.39 is 0 Å². The van der Waals surface area contributed by atoms with E-state index in [1.807, 2.05) is 0 Å². The lowest BCUT2D eigenvalue weighted by Gasteiger charge is -2.17. The summed E-state index contributed by atoms with van der Waals surface area (Å²) in [6.07, 6.45) is 8.00. The van der Waals surface area contributed by atoms with E-state index in [0.29, 0.717) is 25.6 Å². The van der Waals surface area contributed by atoms with E-state index in [1.54, 1.807) is 7.11 Å². The zero-order valence-electron chi connectivity index (χ0n) is 10.00. The van der Waals surface area contributed by atoms with Crippen LogP contribution in [-0.4, -0.2) is 39.3 Å². The molecule has 0 aromatic carbocycles. The summed E-state index contributed by atoms with van der Waals surface area (Å²) in [6, 6.07) is 0. The number of hydrogen-bond donors (Lipinski definition) is 2. The van der Waals surface area contributed by atoms with Gasteiger partial charge >= 0.3 is 0 Å². The third-order valence-electron chi connectivity index (χ3n) is 2.72. The Bertz CT molecular complexity index is 229. The lowest BCUT2D eigenvalue weighted by atomic mass is 9.94. The van der Waals surface area contributed by atoms with Gasteiger partial charge in [0.15, 0.2) is 0 Å². The van der Waals surface area contributed by atoms with Gasteiger partial charge in [-0.25, -0.2) is 0 Å². The Morgan fingerprint density at radius 3 is 3.06 bits per heavy atom. The second-order valence-electron chi connectivity index (χ2n) is 4.12. The summed E-state index contributed by atoms with van der Waals surface area (Å²) in [5, 5.41) is 5.98. The van der Waals surface area contributed by atoms with E-state index in [9.17, 15) is 4.79 Å². The molecule has 4 nitrogen and oxygen atoms in total. The summed E-state index contributed by atoms with van der Waals surface area (Å²) >= 11 is 0. The quantitative estimate of drug-likeness (QED) is 0.496. The number of allylic oxidation sites excluding steroid dienone is 2. The van der Waals surface area contributed by atoms with Crippen molar-refractivity contribution in [3.63, 3.8) is 0 Å². The average molecular weight is 226 g/mol. The van der Waals surface area contributed by atoms with Crippen LogP contribution in [0, 0.1) is 5.92 Å². The average Bonchev–Trinajstić information content (AvgIpc) is 2.31. The highest BCUT2D eigenvalue weighted by molar-refractivity contribution is 5.77. The molecule has 0 heterocycles. The number of methoxy groups -OCH3 is 1. The van der Waals surface area contributed by atoms with Crippen LogP contribution in [0.1, 0.15) is 19.3 Å². The Morgan fingerprint density at radius 1 is 1.50 bits per heavy atom. The molecule has 1 atom stereocenters. The van der Waals surface area contributed by atoms with Gasteiger partial charge < -0.3 is 15.4 Å². The van der Waals surface area contributed by atoms with Crippen molar-refractivity contribution in [2.75, 3.05) is 33.4 Å². The standard InChI is InChI=1S/C12H22N2O2/c1-16-8-7-14-12(15)10-13-9-11-5-3-2-4-6-11/h2-3,11,13H,4-10H2,1H3,(H,14,15). The van der Waals surface area contributed by atoms with Crippen molar-refractivity contribution in [3.8, 4) is 0 Å². The molecule has 16 heavy (non-hydrogen) atoms. The topological polar surface area (TPSA) is 50.4 Å². The molecular formula is C12H22N2O2. The normalized spacial score (nSPS) is 19.7. The number of amides is 1. The van der Waals surface area contributed by atoms with E-state index in [4.69, 9.17) is 4.74 Å². The van der Waals surface area contributed by atoms with Gasteiger partial charge in [0.1, 0.15) is 0 Å². The van der Waals surface area contributed by atoms with Gasteiger partial charge in [-0.3, -0.25) is 4.79 Å². The first-order valence-electron chi connectivity index (χ1n) is 5.94. The predicted molar refractivity (Wildman–Crippen MR) is 64.2 cm³/mol. The Hall–Kier alpha value is -0.870. The molecule has 1 aliphatic rings. The smallest absolute Gasteiger partial charge is 0.234 e. The maximum absolute atomic E-state index is 11.3. The molecule has 1 amide bonds. The first kappa shape index (κ1) is 13.2. The lowest BCUT2D eigenvalue weighted by Crippen LogP contribution is -2.37. The molecule has 0 fully saturated rings. The highest BCUT2D eigenvalue weighted by Crippen LogP contribution is 2.16. The lowest BCUT2D eigenvalue weighted by molar-refractivity contribution is -0.120. The van der Waals surface area contributed by atoms with Crippen LogP contribution in [0.3, 0.4) is 0 Å². The van der Waals surface area contributed by atoms with E-state index in [-0.39, 0.29) is 5.91 Å². The maximum atomic E-state index is 11.3. The summed E-state index contributed by atoms with van der Waals surface area (Å²) in [5.41, 5.74) is 0. The minimum atomic E-state index is 0.0448. The van der Waals surface area contributed by atoms with Crippen molar-refractivity contribution >= 4 is 5.91 Å². The van der Waals surface area contributed by atoms with Crippen LogP contribution in [0.2, 0.25) is 0 Å². The minimum absolute atomic E-state index is 0.0448. The molecule has 0 saturated heterocycles. The zero-order chi connectivity index (χ0) is 11.6. The Morgan fingerprint density at radius 2 is 2.38 bits per heavy atom. The van der Waals surface area contributed by atoms with Crippen LogP contribution in [0.5, 0.6) is 0 Å². The van der Waals surface area contributed by atoms with Crippen molar-refractivity contribution in [2.45, 2.75) is 19.3 Å². The Kier molecular flexibility index (Phi) is 6.85. The highest BCUT2D eigenvalue weighted by Gasteiger charge is 2.09. The van der Waals surface area contributed by atoms with E-state index >= 15 is 0 Å². The van der Waals surface area contributed by atoms with Crippen LogP contribution < -0.4 is 10.6 Å². The van der Waals surface area contributed by atoms with Crippen molar-refractivity contribution < 1.29 is 9.53 Å². The molecule has 2 N–H and O–H groups in total. The molecule has 1 unspecified atom stereocenters. The fraction of sp³-hybridized carbons (Fsp3) is 0.750. The number of hydrogen-bond acceptors (Lipinski definition) is 3. The molecule has 92 valence electrons. The summed E-state index contributed by atoms with van der Waals surface area (Å²) in [4.78, 5) is 11.3. The second kappa shape index (κ2) is 8.30. The van der Waals surface area contributed by atoms with Crippen molar-refractivity contribution in [3.05, 3.63) is 12.2 Å². The SMILES string of the molecule is COCCNC(=O)CNCC1CC=CCC1. The van der Waals surface area contributed by atoms with Gasteiger partial charge in [0, 0.05) is 13.7 Å². The minimum Gasteiger partial charge on any atom is -0.383 e. The van der Waals surface area contributed by atoms with Crippen LogP contribution in [0.25, 0.3) is 0 Å². The summed E-state index contributed by atoms with van der Waals surface area (Å²) in [5.74, 6) is 0.736. The summed E-state index contributed by atoms with van der Waals surface area (Å²) in [7, 11) is 1.63. The van der Waals surface area contributed by atoms with Crippen molar-refractivity contribution in [1.29, 1.82) is 0 Å². The third kappa shape index (κ3) is 5.88. The number of carbonyl (C=O) groups is 1. The molecular weight excluding hydrogens is 204 g/mol. The van der Waals surface area contributed by atoms with Crippen LogP contribution >= 0.6 is 0 Å². The molecule has 0 aromatic heterocycles. The van der Waals surface area contributed by atoms with Crippen molar-refractivity contribution in [2.24, 2.45) is 5.92 Å². The van der Waals surface area contributed by atoms with E-state index in [1.165, 1.54) is 12.8 Å². The van der Waals surface area contributed by atoms with E-state index in [2.05, 4.69) is 22.8 Å². The number of rotatable bonds is 7. The van der Waals surface area contributed by atoms with Gasteiger partial charge in [0.25, 0.3) is 0 Å². The third-order valence-corrected chi connectivity index (χ3v) is 2.72. The van der Waals surface area contributed by atoms with Gasteiger partial charge in [-0.15, -0.1) is 0 Å². The first-order chi connectivity index (χ1) is 7.83. The molecule has 0 aliphatic heterocycles. The molecule has 0 saturated carbocycles. The van der Waals surface area contributed by atoms with Gasteiger partial charge in [-0.05, 0) is 31.7 Å². The monoisotopic (exact) mass is 226 g/mol. The number of carbonyl (C=O) groups excluding carboxylic acids is 1. The molecule has 0 radical (unpaired) electrons. The summed E-state index contributed by atoms with van der Waals surface area (Å²) in [6.45, 7) is 2.49. The summed E-state index contributed by atoms with van der Waals surface area (Å²) < 4.78 is 4.85. The molecule has 0 bridgehead atoms. The maximum Gasteiger partial charge on any atom is 0.234 e. The number of nitrogens with one attached hydrogen (secondary N) is 2. The predicted octanol–water partition coefficient (Wildman–Crippen LogP) is 0.695. The Labute approximate surface area is 97.4 Å². The Balaban J connectivity index is 1.97. The molecule has 4 heteroatoms. The van der Waals surface area contributed by atoms with Crippen LogP contribution in [-0.2, 0) is 9.53 Å². The highest BCUT2D eigenvalue weighted by atomic mass is 16.5. The first-order valence-corrected chi connectivity index (χ1v) is 5.94. The van der Waals surface area contributed by atoms with Crippen LogP contribution in [0.15, 0.2) is 12.2 Å². The fourth-order valence-electron chi connectivity index (χ4n) is 1.79. The van der Waals surface area contributed by atoms with Gasteiger partial charge in [0.2, 0.25) is 5.91 Å². The largest absolute Gasteiger partial charge is 0.383 e. The fourth-order valence-corrected chi connectivity index (χ4v) is 1.79. The van der Waals surface area contributed by atoms with Gasteiger partial charge in [0.05, 0.1) is 13.2 Å². The number of ether oxygens (including phenoxy) is 1. The molecule has 1 rings (SSSR count). The van der Waals surface area contributed by atoms with Crippen molar-refractivity contribution in [1.82, 2.24) is 10.6 Å². The molecule has 0 aromatic rings. The molecule has 0 spiro atoms. The zero-order valence-corrected chi connectivity index (χ0v) is 10.00. The van der Waals surface area contributed by atoms with Gasteiger partial charge in [-0.2, -0.15) is 0 Å². The van der Waals surface area contributed by atoms with Crippen LogP contribution in [0.4, 0.5) is 0 Å². The van der Waals surface area contributed by atoms with E-state index in [0.717, 1.165) is 13.0 Å². The van der Waals surface area contributed by atoms with Gasteiger partial charge in [-0.1, -0.05) is 12.2 Å². The second-order valence-corrected chi connectivity index (χ2v) is 4.12.